The van der Waals surface area contributed by atoms with E-state index in [-0.39, 0.29) is 0 Å². The highest BCUT2D eigenvalue weighted by molar-refractivity contribution is 5.35. The lowest BCUT2D eigenvalue weighted by atomic mass is 9.96. The van der Waals surface area contributed by atoms with E-state index in [9.17, 15) is 5.11 Å². The molecule has 3 rings (SSSR count). The van der Waals surface area contributed by atoms with Gasteiger partial charge in [0.25, 0.3) is 0 Å². The largest absolute Gasteiger partial charge is 0.388 e. The Kier molecular flexibility index (Phi) is 3.38. The summed E-state index contributed by atoms with van der Waals surface area (Å²) in [6.07, 6.45) is 6.61. The van der Waals surface area contributed by atoms with Gasteiger partial charge in [0.2, 0.25) is 0 Å². The third-order valence-electron chi connectivity index (χ3n) is 3.81. The van der Waals surface area contributed by atoms with E-state index < -0.39 is 6.10 Å². The molecule has 1 aromatic heterocycles. The molecule has 0 aliphatic heterocycles. The predicted octanol–water partition coefficient (Wildman–Crippen LogP) is 3.06. The van der Waals surface area contributed by atoms with Crippen LogP contribution in [0.1, 0.15) is 48.5 Å². The Hall–Kier alpha value is -1.61. The first kappa shape index (κ1) is 12.4. The fourth-order valence-electron chi connectivity index (χ4n) is 2.60. The van der Waals surface area contributed by atoms with Crippen LogP contribution in [0.25, 0.3) is 0 Å². The zero-order valence-corrected chi connectivity index (χ0v) is 11.3. The highest BCUT2D eigenvalue weighted by Gasteiger charge is 2.27. The Morgan fingerprint density at radius 3 is 2.84 bits per heavy atom. The highest BCUT2D eigenvalue weighted by Crippen LogP contribution is 2.43. The van der Waals surface area contributed by atoms with Crippen molar-refractivity contribution in [2.24, 2.45) is 0 Å². The van der Waals surface area contributed by atoms with Gasteiger partial charge in [-0.05, 0) is 42.4 Å². The number of aliphatic hydroxyl groups is 1. The van der Waals surface area contributed by atoms with E-state index in [0.717, 1.165) is 17.7 Å². The van der Waals surface area contributed by atoms with Gasteiger partial charge in [-0.3, -0.25) is 4.68 Å². The molecule has 19 heavy (non-hydrogen) atoms. The van der Waals surface area contributed by atoms with Gasteiger partial charge in [-0.1, -0.05) is 24.3 Å². The number of aliphatic hydroxyl groups excluding tert-OH is 1. The van der Waals surface area contributed by atoms with Crippen LogP contribution in [-0.4, -0.2) is 14.9 Å². The number of aryl methyl sites for hydroxylation is 1. The standard InChI is InChI=1S/C16H20N2O/c1-2-18-11-12(10-17-18)9-16(19)15-6-4-3-5-14(15)13-7-8-13/h3-6,10-11,13,16,19H,2,7-9H2,1H3. The maximum atomic E-state index is 10.5. The third kappa shape index (κ3) is 2.71. The second-order valence-electron chi connectivity index (χ2n) is 5.33. The van der Waals surface area contributed by atoms with Crippen molar-refractivity contribution in [1.82, 2.24) is 9.78 Å². The van der Waals surface area contributed by atoms with Gasteiger partial charge in [0.15, 0.2) is 0 Å². The summed E-state index contributed by atoms with van der Waals surface area (Å²) in [5.74, 6) is 0.671. The molecular formula is C16H20N2O. The SMILES string of the molecule is CCn1cc(CC(O)c2ccccc2C2CC2)cn1. The first-order chi connectivity index (χ1) is 9.28. The van der Waals surface area contributed by atoms with E-state index in [2.05, 4.69) is 30.2 Å². The molecule has 0 spiro atoms. The van der Waals surface area contributed by atoms with E-state index >= 15 is 0 Å². The lowest BCUT2D eigenvalue weighted by Crippen LogP contribution is -2.04. The monoisotopic (exact) mass is 256 g/mol. The lowest BCUT2D eigenvalue weighted by molar-refractivity contribution is 0.177. The molecule has 1 aromatic carbocycles. The molecule has 1 atom stereocenters. The predicted molar refractivity (Wildman–Crippen MR) is 75.0 cm³/mol. The Bertz CT molecular complexity index is 557. The third-order valence-corrected chi connectivity index (χ3v) is 3.81. The van der Waals surface area contributed by atoms with Gasteiger partial charge in [0.1, 0.15) is 0 Å². The lowest BCUT2D eigenvalue weighted by Gasteiger charge is -2.14. The molecule has 3 heteroatoms. The summed E-state index contributed by atoms with van der Waals surface area (Å²) in [7, 11) is 0. The van der Waals surface area contributed by atoms with E-state index in [4.69, 9.17) is 0 Å². The molecule has 1 aliphatic rings. The van der Waals surface area contributed by atoms with Crippen molar-refractivity contribution < 1.29 is 5.11 Å². The average molecular weight is 256 g/mol. The normalized spacial score (nSPS) is 16.5. The van der Waals surface area contributed by atoms with Gasteiger partial charge in [0.05, 0.1) is 12.3 Å². The molecule has 0 saturated heterocycles. The van der Waals surface area contributed by atoms with Crippen LogP contribution in [0.15, 0.2) is 36.7 Å². The second kappa shape index (κ2) is 5.17. The van der Waals surface area contributed by atoms with E-state index in [1.807, 2.05) is 23.1 Å². The summed E-state index contributed by atoms with van der Waals surface area (Å²) >= 11 is 0. The minimum Gasteiger partial charge on any atom is -0.388 e. The first-order valence-corrected chi connectivity index (χ1v) is 7.06. The van der Waals surface area contributed by atoms with Crippen molar-refractivity contribution in [3.8, 4) is 0 Å². The van der Waals surface area contributed by atoms with Crippen molar-refractivity contribution in [2.75, 3.05) is 0 Å². The van der Waals surface area contributed by atoms with Crippen molar-refractivity contribution in [3.63, 3.8) is 0 Å². The van der Waals surface area contributed by atoms with Gasteiger partial charge < -0.3 is 5.11 Å². The summed E-state index contributed by atoms with van der Waals surface area (Å²) in [4.78, 5) is 0. The van der Waals surface area contributed by atoms with E-state index in [0.29, 0.717) is 12.3 Å². The van der Waals surface area contributed by atoms with Gasteiger partial charge >= 0.3 is 0 Å². The van der Waals surface area contributed by atoms with Crippen molar-refractivity contribution in [3.05, 3.63) is 53.3 Å². The fraction of sp³-hybridized carbons (Fsp3) is 0.438. The molecule has 3 nitrogen and oxygen atoms in total. The maximum Gasteiger partial charge on any atom is 0.0834 e. The van der Waals surface area contributed by atoms with Crippen LogP contribution in [0, 0.1) is 0 Å². The van der Waals surface area contributed by atoms with Gasteiger partial charge in [-0.25, -0.2) is 0 Å². The molecule has 1 fully saturated rings. The molecule has 100 valence electrons. The zero-order valence-electron chi connectivity index (χ0n) is 11.3. The topological polar surface area (TPSA) is 38.0 Å². The van der Waals surface area contributed by atoms with Crippen molar-refractivity contribution >= 4 is 0 Å². The molecule has 0 radical (unpaired) electrons. The number of rotatable bonds is 5. The Labute approximate surface area is 113 Å². The molecule has 0 amide bonds. The molecule has 1 unspecified atom stereocenters. The number of aromatic nitrogens is 2. The minimum atomic E-state index is -0.425. The summed E-state index contributed by atoms with van der Waals surface area (Å²) < 4.78 is 1.90. The number of nitrogens with zero attached hydrogens (tertiary/aromatic N) is 2. The van der Waals surface area contributed by atoms with Crippen LogP contribution in [0.4, 0.5) is 0 Å². The summed E-state index contributed by atoms with van der Waals surface area (Å²) in [5.41, 5.74) is 3.52. The summed E-state index contributed by atoms with van der Waals surface area (Å²) in [5, 5.41) is 14.7. The van der Waals surface area contributed by atoms with Crippen LogP contribution >= 0.6 is 0 Å². The Morgan fingerprint density at radius 1 is 1.37 bits per heavy atom. The molecule has 2 aromatic rings. The van der Waals surface area contributed by atoms with Crippen molar-refractivity contribution in [2.45, 2.75) is 44.8 Å². The molecule has 1 N–H and O–H groups in total. The van der Waals surface area contributed by atoms with Gasteiger partial charge in [-0.15, -0.1) is 0 Å². The highest BCUT2D eigenvalue weighted by atomic mass is 16.3. The number of hydrogen-bond donors (Lipinski definition) is 1. The zero-order chi connectivity index (χ0) is 13.2. The quantitative estimate of drug-likeness (QED) is 0.893. The van der Waals surface area contributed by atoms with Gasteiger partial charge in [0, 0.05) is 19.2 Å². The molecule has 1 saturated carbocycles. The van der Waals surface area contributed by atoms with E-state index in [1.165, 1.54) is 18.4 Å². The Balaban J connectivity index is 1.78. The molecule has 1 heterocycles. The van der Waals surface area contributed by atoms with E-state index in [1.54, 1.807) is 0 Å². The molecule has 0 bridgehead atoms. The fourth-order valence-corrected chi connectivity index (χ4v) is 2.60. The summed E-state index contributed by atoms with van der Waals surface area (Å²) in [6.45, 7) is 2.93. The van der Waals surface area contributed by atoms with Crippen LogP contribution < -0.4 is 0 Å². The van der Waals surface area contributed by atoms with Crippen LogP contribution in [0.2, 0.25) is 0 Å². The molecular weight excluding hydrogens is 236 g/mol. The van der Waals surface area contributed by atoms with Crippen LogP contribution in [0.3, 0.4) is 0 Å². The summed E-state index contributed by atoms with van der Waals surface area (Å²) in [6, 6.07) is 8.30. The maximum absolute atomic E-state index is 10.5. The van der Waals surface area contributed by atoms with Gasteiger partial charge in [-0.2, -0.15) is 5.10 Å². The Morgan fingerprint density at radius 2 is 2.16 bits per heavy atom. The van der Waals surface area contributed by atoms with Crippen molar-refractivity contribution in [1.29, 1.82) is 0 Å². The number of hydrogen-bond acceptors (Lipinski definition) is 2. The van der Waals surface area contributed by atoms with Crippen LogP contribution in [0.5, 0.6) is 0 Å². The van der Waals surface area contributed by atoms with Crippen LogP contribution in [-0.2, 0) is 13.0 Å². The average Bonchev–Trinajstić information content (AvgIpc) is 3.19. The minimum absolute atomic E-state index is 0.425. The second-order valence-corrected chi connectivity index (χ2v) is 5.33. The first-order valence-electron chi connectivity index (χ1n) is 7.06. The molecule has 1 aliphatic carbocycles. The number of benzene rings is 1. The smallest absolute Gasteiger partial charge is 0.0834 e.